The molecule has 0 unspecified atom stereocenters. The molecule has 4 rings (SSSR count). The second-order valence-electron chi connectivity index (χ2n) is 8.24. The molecule has 6 nitrogen and oxygen atoms in total. The van der Waals surface area contributed by atoms with Crippen LogP contribution in [0.15, 0.2) is 66.7 Å². The highest BCUT2D eigenvalue weighted by Crippen LogP contribution is 2.34. The summed E-state index contributed by atoms with van der Waals surface area (Å²) in [7, 11) is 0. The second kappa shape index (κ2) is 10.9. The topological polar surface area (TPSA) is 84.2 Å². The van der Waals surface area contributed by atoms with Crippen molar-refractivity contribution in [1.82, 2.24) is 15.1 Å². The number of halogens is 3. The molecule has 0 fully saturated rings. The maximum Gasteiger partial charge on any atom is 0.305 e. The number of nitrogens with zero attached hydrogens (tertiary/aromatic N) is 2. The number of hydrogen-bond donors (Lipinski definition) is 2. The largest absolute Gasteiger partial charge is 0.481 e. The average molecular weight is 526 g/mol. The first-order chi connectivity index (χ1) is 17.2. The standard InChI is InChI=1S/C27H22Cl2FN3O3/c1-16-25(20-12-21(28)14-22(29)13-20)32-33(26(16)18-6-8-23(30)9-7-18)15-17-2-4-19(5-3-17)27(36)31-11-10-24(34)35/h2-9,12-14H,10-11,15H2,1H3,(H,31,36)(H,34,35). The Labute approximate surface area is 217 Å². The molecule has 36 heavy (non-hydrogen) atoms. The van der Waals surface area contributed by atoms with Gasteiger partial charge in [-0.15, -0.1) is 0 Å². The molecule has 0 aliphatic carbocycles. The van der Waals surface area contributed by atoms with Crippen LogP contribution in [0.5, 0.6) is 0 Å². The van der Waals surface area contributed by atoms with Gasteiger partial charge in [0.1, 0.15) is 5.82 Å². The highest BCUT2D eigenvalue weighted by atomic mass is 35.5. The molecule has 0 aliphatic rings. The van der Waals surface area contributed by atoms with Gasteiger partial charge < -0.3 is 10.4 Å². The number of carboxylic acid groups (broad SMARTS) is 1. The molecule has 0 saturated heterocycles. The van der Waals surface area contributed by atoms with Gasteiger partial charge >= 0.3 is 5.97 Å². The Kier molecular flexibility index (Phi) is 7.72. The van der Waals surface area contributed by atoms with Crippen molar-refractivity contribution in [3.05, 3.63) is 99.3 Å². The Hall–Kier alpha value is -3.68. The summed E-state index contributed by atoms with van der Waals surface area (Å²) in [4.78, 5) is 22.9. The normalized spacial score (nSPS) is 10.9. The van der Waals surface area contributed by atoms with Crippen LogP contribution in [0, 0.1) is 12.7 Å². The first kappa shape index (κ1) is 25.4. The molecule has 0 bridgehead atoms. The molecule has 4 aromatic rings. The Morgan fingerprint density at radius 2 is 1.61 bits per heavy atom. The highest BCUT2D eigenvalue weighted by Gasteiger charge is 2.19. The summed E-state index contributed by atoms with van der Waals surface area (Å²) in [5, 5.41) is 17.1. The van der Waals surface area contributed by atoms with E-state index < -0.39 is 5.97 Å². The summed E-state index contributed by atoms with van der Waals surface area (Å²) in [5.41, 5.74) is 5.28. The average Bonchev–Trinajstić information content (AvgIpc) is 3.15. The van der Waals surface area contributed by atoms with E-state index in [4.69, 9.17) is 33.4 Å². The van der Waals surface area contributed by atoms with Gasteiger partial charge in [0, 0.05) is 38.8 Å². The van der Waals surface area contributed by atoms with Crippen molar-refractivity contribution < 1.29 is 19.1 Å². The first-order valence-corrected chi connectivity index (χ1v) is 11.9. The fourth-order valence-electron chi connectivity index (χ4n) is 3.92. The molecule has 0 aliphatic heterocycles. The van der Waals surface area contributed by atoms with Crippen molar-refractivity contribution in [2.45, 2.75) is 19.9 Å². The van der Waals surface area contributed by atoms with E-state index in [1.807, 2.05) is 23.7 Å². The number of carbonyl (C=O) groups excluding carboxylic acids is 1. The van der Waals surface area contributed by atoms with Gasteiger partial charge in [-0.3, -0.25) is 14.3 Å². The zero-order valence-corrected chi connectivity index (χ0v) is 20.8. The lowest BCUT2D eigenvalue weighted by Gasteiger charge is -2.10. The number of nitrogens with one attached hydrogen (secondary N) is 1. The van der Waals surface area contributed by atoms with E-state index in [0.29, 0.717) is 27.8 Å². The molecule has 0 atom stereocenters. The number of aromatic nitrogens is 2. The number of benzene rings is 3. The van der Waals surface area contributed by atoms with Crippen LogP contribution < -0.4 is 5.32 Å². The fourth-order valence-corrected chi connectivity index (χ4v) is 4.45. The van der Waals surface area contributed by atoms with Gasteiger partial charge in [0.15, 0.2) is 0 Å². The number of hydrogen-bond acceptors (Lipinski definition) is 3. The van der Waals surface area contributed by atoms with Gasteiger partial charge in [-0.05, 0) is 67.1 Å². The lowest BCUT2D eigenvalue weighted by Crippen LogP contribution is -2.25. The van der Waals surface area contributed by atoms with E-state index in [-0.39, 0.29) is 24.7 Å². The quantitative estimate of drug-likeness (QED) is 0.285. The van der Waals surface area contributed by atoms with Gasteiger partial charge in [-0.1, -0.05) is 35.3 Å². The second-order valence-corrected chi connectivity index (χ2v) is 9.11. The van der Waals surface area contributed by atoms with E-state index >= 15 is 0 Å². The van der Waals surface area contributed by atoms with Crippen LogP contribution in [0.2, 0.25) is 10.0 Å². The predicted octanol–water partition coefficient (Wildman–Crippen LogP) is 6.22. The Morgan fingerprint density at radius 3 is 2.22 bits per heavy atom. The van der Waals surface area contributed by atoms with Crippen LogP contribution in [-0.2, 0) is 11.3 Å². The third-order valence-electron chi connectivity index (χ3n) is 5.62. The summed E-state index contributed by atoms with van der Waals surface area (Å²) in [6, 6.07) is 18.4. The third kappa shape index (κ3) is 5.93. The molecule has 0 radical (unpaired) electrons. The molecule has 2 N–H and O–H groups in total. The van der Waals surface area contributed by atoms with E-state index in [9.17, 15) is 14.0 Å². The van der Waals surface area contributed by atoms with E-state index in [0.717, 1.165) is 27.9 Å². The van der Waals surface area contributed by atoms with Gasteiger partial charge in [-0.25, -0.2) is 4.39 Å². The summed E-state index contributed by atoms with van der Waals surface area (Å²) >= 11 is 12.5. The lowest BCUT2D eigenvalue weighted by atomic mass is 10.0. The monoisotopic (exact) mass is 525 g/mol. The van der Waals surface area contributed by atoms with Gasteiger partial charge in [0.2, 0.25) is 0 Å². The maximum absolute atomic E-state index is 13.6. The SMILES string of the molecule is Cc1c(-c2cc(Cl)cc(Cl)c2)nn(Cc2ccc(C(=O)NCCC(=O)O)cc2)c1-c1ccc(F)cc1. The van der Waals surface area contributed by atoms with E-state index in [2.05, 4.69) is 5.32 Å². The van der Waals surface area contributed by atoms with Crippen LogP contribution in [0.25, 0.3) is 22.5 Å². The molecule has 3 aromatic carbocycles. The smallest absolute Gasteiger partial charge is 0.305 e. The number of carboxylic acids is 1. The molecular weight excluding hydrogens is 504 g/mol. The van der Waals surface area contributed by atoms with Crippen LogP contribution in [-0.4, -0.2) is 33.3 Å². The molecular formula is C27H22Cl2FN3O3. The summed E-state index contributed by atoms with van der Waals surface area (Å²) < 4.78 is 15.4. The van der Waals surface area contributed by atoms with Gasteiger partial charge in [-0.2, -0.15) is 5.10 Å². The summed E-state index contributed by atoms with van der Waals surface area (Å²) in [6.07, 6.45) is -0.144. The van der Waals surface area contributed by atoms with Crippen molar-refractivity contribution in [3.8, 4) is 22.5 Å². The van der Waals surface area contributed by atoms with E-state index in [1.165, 1.54) is 12.1 Å². The number of carbonyl (C=O) groups is 2. The lowest BCUT2D eigenvalue weighted by molar-refractivity contribution is -0.136. The molecule has 184 valence electrons. The molecule has 9 heteroatoms. The minimum absolute atomic E-state index is 0.0554. The van der Waals surface area contributed by atoms with Gasteiger partial charge in [0.05, 0.1) is 24.4 Å². The van der Waals surface area contributed by atoms with Crippen molar-refractivity contribution in [2.75, 3.05) is 6.54 Å². The molecule has 0 saturated carbocycles. The van der Waals surface area contributed by atoms with Crippen LogP contribution in [0.4, 0.5) is 4.39 Å². The number of aliphatic carboxylic acids is 1. The number of amides is 1. The molecule has 1 aromatic heterocycles. The first-order valence-electron chi connectivity index (χ1n) is 11.1. The maximum atomic E-state index is 13.6. The van der Waals surface area contributed by atoms with Crippen LogP contribution >= 0.6 is 23.2 Å². The molecule has 1 amide bonds. The van der Waals surface area contributed by atoms with Crippen molar-refractivity contribution in [1.29, 1.82) is 0 Å². The Morgan fingerprint density at radius 1 is 0.972 bits per heavy atom. The molecule has 1 heterocycles. The summed E-state index contributed by atoms with van der Waals surface area (Å²) in [6.45, 7) is 2.39. The van der Waals surface area contributed by atoms with Crippen molar-refractivity contribution >= 4 is 35.1 Å². The van der Waals surface area contributed by atoms with Crippen molar-refractivity contribution in [2.24, 2.45) is 0 Å². The predicted molar refractivity (Wildman–Crippen MR) is 138 cm³/mol. The minimum Gasteiger partial charge on any atom is -0.481 e. The number of rotatable bonds is 8. The zero-order chi connectivity index (χ0) is 25.8. The Balaban J connectivity index is 1.67. The van der Waals surface area contributed by atoms with Crippen molar-refractivity contribution in [3.63, 3.8) is 0 Å². The van der Waals surface area contributed by atoms with Crippen LogP contribution in [0.3, 0.4) is 0 Å². The zero-order valence-electron chi connectivity index (χ0n) is 19.3. The highest BCUT2D eigenvalue weighted by molar-refractivity contribution is 6.35. The minimum atomic E-state index is -0.975. The summed E-state index contributed by atoms with van der Waals surface area (Å²) in [5.74, 6) is -1.65. The van der Waals surface area contributed by atoms with E-state index in [1.54, 1.807) is 42.5 Å². The van der Waals surface area contributed by atoms with Gasteiger partial charge in [0.25, 0.3) is 5.91 Å². The Bertz CT molecular complexity index is 1400. The fraction of sp³-hybridized carbons (Fsp3) is 0.148. The van der Waals surface area contributed by atoms with Crippen LogP contribution in [0.1, 0.15) is 27.9 Å². The third-order valence-corrected chi connectivity index (χ3v) is 6.05. The molecule has 0 spiro atoms.